The van der Waals surface area contributed by atoms with Crippen molar-refractivity contribution in [2.75, 3.05) is 11.6 Å². The standard InChI is InChI=1S/C14H20N2O3S/c1-20(18,19)13-4-2-3-12(13)16-11-7-5-10(6-8-11)9-14(15)17/h5-8,12-13,16H,2-4,9H2,1H3,(H2,15,17). The van der Waals surface area contributed by atoms with Crippen LogP contribution < -0.4 is 11.1 Å². The number of benzene rings is 1. The van der Waals surface area contributed by atoms with E-state index < -0.39 is 9.84 Å². The van der Waals surface area contributed by atoms with E-state index in [4.69, 9.17) is 5.73 Å². The summed E-state index contributed by atoms with van der Waals surface area (Å²) >= 11 is 0. The molecule has 2 unspecified atom stereocenters. The van der Waals surface area contributed by atoms with Crippen LogP contribution >= 0.6 is 0 Å². The number of carbonyl (C=O) groups is 1. The molecule has 0 spiro atoms. The SMILES string of the molecule is CS(=O)(=O)C1CCCC1Nc1ccc(CC(N)=O)cc1. The number of hydrogen-bond donors (Lipinski definition) is 2. The van der Waals surface area contributed by atoms with Crippen molar-refractivity contribution in [2.24, 2.45) is 5.73 Å². The van der Waals surface area contributed by atoms with E-state index in [-0.39, 0.29) is 23.6 Å². The largest absolute Gasteiger partial charge is 0.381 e. The minimum absolute atomic E-state index is 0.0352. The van der Waals surface area contributed by atoms with Crippen LogP contribution in [0.3, 0.4) is 0 Å². The van der Waals surface area contributed by atoms with Crippen molar-refractivity contribution in [3.63, 3.8) is 0 Å². The third kappa shape index (κ3) is 3.72. The molecule has 3 N–H and O–H groups in total. The van der Waals surface area contributed by atoms with E-state index in [1.807, 2.05) is 24.3 Å². The average Bonchev–Trinajstić information content (AvgIpc) is 2.79. The van der Waals surface area contributed by atoms with Crippen LogP contribution in [0.5, 0.6) is 0 Å². The van der Waals surface area contributed by atoms with Gasteiger partial charge in [-0.1, -0.05) is 12.1 Å². The van der Waals surface area contributed by atoms with Crippen LogP contribution in [-0.4, -0.2) is 31.9 Å². The molecule has 0 aromatic heterocycles. The Bertz CT molecular complexity index is 581. The van der Waals surface area contributed by atoms with E-state index in [9.17, 15) is 13.2 Å². The van der Waals surface area contributed by atoms with Crippen LogP contribution in [0.1, 0.15) is 24.8 Å². The van der Waals surface area contributed by atoms with E-state index in [0.29, 0.717) is 0 Å². The first-order valence-corrected chi connectivity index (χ1v) is 8.64. The fourth-order valence-electron chi connectivity index (χ4n) is 2.74. The number of rotatable bonds is 5. The zero-order chi connectivity index (χ0) is 14.8. The van der Waals surface area contributed by atoms with Gasteiger partial charge in [0.15, 0.2) is 9.84 Å². The second-order valence-corrected chi connectivity index (χ2v) is 7.65. The van der Waals surface area contributed by atoms with E-state index in [0.717, 1.165) is 30.5 Å². The van der Waals surface area contributed by atoms with Gasteiger partial charge >= 0.3 is 0 Å². The monoisotopic (exact) mass is 296 g/mol. The van der Waals surface area contributed by atoms with E-state index in [1.165, 1.54) is 6.26 Å². The van der Waals surface area contributed by atoms with Crippen molar-refractivity contribution in [3.8, 4) is 0 Å². The lowest BCUT2D eigenvalue weighted by molar-refractivity contribution is -0.117. The molecule has 0 saturated heterocycles. The number of nitrogens with two attached hydrogens (primary N) is 1. The van der Waals surface area contributed by atoms with Gasteiger partial charge in [-0.25, -0.2) is 8.42 Å². The lowest BCUT2D eigenvalue weighted by Crippen LogP contribution is -2.34. The molecule has 1 aromatic carbocycles. The lowest BCUT2D eigenvalue weighted by Gasteiger charge is -2.20. The van der Waals surface area contributed by atoms with Gasteiger partial charge in [-0.05, 0) is 37.0 Å². The van der Waals surface area contributed by atoms with E-state index >= 15 is 0 Å². The smallest absolute Gasteiger partial charge is 0.221 e. The third-order valence-corrected chi connectivity index (χ3v) is 5.35. The first-order valence-electron chi connectivity index (χ1n) is 6.69. The summed E-state index contributed by atoms with van der Waals surface area (Å²) in [4.78, 5) is 10.8. The molecule has 2 atom stereocenters. The number of primary amides is 1. The van der Waals surface area contributed by atoms with Gasteiger partial charge in [0.2, 0.25) is 5.91 Å². The number of nitrogens with one attached hydrogen (secondary N) is 1. The van der Waals surface area contributed by atoms with Crippen LogP contribution in [0.15, 0.2) is 24.3 Å². The zero-order valence-electron chi connectivity index (χ0n) is 11.5. The molecule has 1 amide bonds. The summed E-state index contributed by atoms with van der Waals surface area (Å²) in [6, 6.07) is 7.34. The molecule has 0 radical (unpaired) electrons. The molecule has 1 aliphatic rings. The van der Waals surface area contributed by atoms with E-state index in [1.54, 1.807) is 0 Å². The molecular weight excluding hydrogens is 276 g/mol. The van der Waals surface area contributed by atoms with Gasteiger partial charge in [-0.2, -0.15) is 0 Å². The fourth-order valence-corrected chi connectivity index (χ4v) is 4.13. The predicted molar refractivity (Wildman–Crippen MR) is 79.2 cm³/mol. The third-order valence-electron chi connectivity index (χ3n) is 3.69. The highest BCUT2D eigenvalue weighted by atomic mass is 32.2. The van der Waals surface area contributed by atoms with Crippen molar-refractivity contribution in [1.29, 1.82) is 0 Å². The Hall–Kier alpha value is -1.56. The summed E-state index contributed by atoms with van der Waals surface area (Å²) in [6.07, 6.45) is 4.02. The van der Waals surface area contributed by atoms with Crippen molar-refractivity contribution < 1.29 is 13.2 Å². The highest BCUT2D eigenvalue weighted by Crippen LogP contribution is 2.28. The van der Waals surface area contributed by atoms with Crippen molar-refractivity contribution >= 4 is 21.4 Å². The van der Waals surface area contributed by atoms with Crippen LogP contribution in [0.25, 0.3) is 0 Å². The molecule has 0 heterocycles. The van der Waals surface area contributed by atoms with Crippen molar-refractivity contribution in [2.45, 2.75) is 37.0 Å². The number of hydrogen-bond acceptors (Lipinski definition) is 4. The van der Waals surface area contributed by atoms with Gasteiger partial charge in [0.05, 0.1) is 11.7 Å². The van der Waals surface area contributed by atoms with E-state index in [2.05, 4.69) is 5.32 Å². The molecular formula is C14H20N2O3S. The molecule has 5 nitrogen and oxygen atoms in total. The number of amides is 1. The van der Waals surface area contributed by atoms with Gasteiger partial charge in [-0.3, -0.25) is 4.79 Å². The topological polar surface area (TPSA) is 89.3 Å². The number of carbonyl (C=O) groups excluding carboxylic acids is 1. The summed E-state index contributed by atoms with van der Waals surface area (Å²) in [7, 11) is -3.02. The van der Waals surface area contributed by atoms with Crippen LogP contribution in [0.4, 0.5) is 5.69 Å². The zero-order valence-corrected chi connectivity index (χ0v) is 12.3. The Morgan fingerprint density at radius 2 is 1.95 bits per heavy atom. The second kappa shape index (κ2) is 5.83. The Morgan fingerprint density at radius 3 is 2.50 bits per heavy atom. The molecule has 20 heavy (non-hydrogen) atoms. The summed E-state index contributed by atoms with van der Waals surface area (Å²) in [5.74, 6) is -0.362. The maximum Gasteiger partial charge on any atom is 0.221 e. The molecule has 0 bridgehead atoms. The van der Waals surface area contributed by atoms with Gasteiger partial charge in [0, 0.05) is 18.0 Å². The molecule has 0 aliphatic heterocycles. The van der Waals surface area contributed by atoms with Gasteiger partial charge in [-0.15, -0.1) is 0 Å². The predicted octanol–water partition coefficient (Wildman–Crippen LogP) is 1.09. The Kier molecular flexibility index (Phi) is 4.32. The summed E-state index contributed by atoms with van der Waals surface area (Å²) < 4.78 is 23.4. The van der Waals surface area contributed by atoms with Crippen LogP contribution in [0, 0.1) is 0 Å². The number of sulfone groups is 1. The minimum Gasteiger partial charge on any atom is -0.381 e. The van der Waals surface area contributed by atoms with Gasteiger partial charge in [0.25, 0.3) is 0 Å². The van der Waals surface area contributed by atoms with Gasteiger partial charge in [0.1, 0.15) is 0 Å². The fraction of sp³-hybridized carbons (Fsp3) is 0.500. The lowest BCUT2D eigenvalue weighted by atomic mass is 10.1. The normalized spacial score (nSPS) is 22.6. The summed E-state index contributed by atoms with van der Waals surface area (Å²) in [5, 5.41) is 2.97. The second-order valence-electron chi connectivity index (χ2n) is 5.39. The molecule has 1 aromatic rings. The Morgan fingerprint density at radius 1 is 1.30 bits per heavy atom. The molecule has 1 saturated carbocycles. The molecule has 1 aliphatic carbocycles. The summed E-state index contributed by atoms with van der Waals surface area (Å²) in [5.41, 5.74) is 6.87. The van der Waals surface area contributed by atoms with Crippen LogP contribution in [-0.2, 0) is 21.1 Å². The highest BCUT2D eigenvalue weighted by molar-refractivity contribution is 7.91. The quantitative estimate of drug-likeness (QED) is 0.851. The molecule has 2 rings (SSSR count). The molecule has 1 fully saturated rings. The van der Waals surface area contributed by atoms with Gasteiger partial charge < -0.3 is 11.1 Å². The summed E-state index contributed by atoms with van der Waals surface area (Å²) in [6.45, 7) is 0. The number of anilines is 1. The van der Waals surface area contributed by atoms with Crippen molar-refractivity contribution in [1.82, 2.24) is 0 Å². The maximum atomic E-state index is 11.7. The Labute approximate surface area is 119 Å². The first-order chi connectivity index (χ1) is 9.36. The molecule has 110 valence electrons. The first kappa shape index (κ1) is 14.8. The Balaban J connectivity index is 2.04. The molecule has 6 heteroatoms. The maximum absolute atomic E-state index is 11.7. The average molecular weight is 296 g/mol. The highest BCUT2D eigenvalue weighted by Gasteiger charge is 2.34. The van der Waals surface area contributed by atoms with Crippen molar-refractivity contribution in [3.05, 3.63) is 29.8 Å². The van der Waals surface area contributed by atoms with Crippen LogP contribution in [0.2, 0.25) is 0 Å². The minimum atomic E-state index is -3.02.